The maximum Gasteiger partial charge on any atom is 0.306 e. The van der Waals surface area contributed by atoms with Gasteiger partial charge in [0.2, 0.25) is 0 Å². The van der Waals surface area contributed by atoms with Crippen LogP contribution in [0.25, 0.3) is 0 Å². The Labute approximate surface area is 315 Å². The van der Waals surface area contributed by atoms with E-state index in [1.54, 1.807) is 0 Å². The van der Waals surface area contributed by atoms with Crippen molar-refractivity contribution >= 4 is 11.9 Å². The molecule has 302 valence electrons. The van der Waals surface area contributed by atoms with E-state index in [0.717, 1.165) is 44.9 Å². The second kappa shape index (κ2) is 33.5. The van der Waals surface area contributed by atoms with Gasteiger partial charge in [0.15, 0.2) is 12.4 Å². The Morgan fingerprint density at radius 2 is 1.10 bits per heavy atom. The van der Waals surface area contributed by atoms with Gasteiger partial charge in [-0.2, -0.15) is 0 Å². The van der Waals surface area contributed by atoms with Gasteiger partial charge in [-0.3, -0.25) is 9.59 Å². The Balaban J connectivity index is 2.39. The summed E-state index contributed by atoms with van der Waals surface area (Å²) in [5, 5.41) is 39.9. The van der Waals surface area contributed by atoms with Crippen LogP contribution in [-0.2, 0) is 28.5 Å². The summed E-state index contributed by atoms with van der Waals surface area (Å²) in [6, 6.07) is 0. The second-order valence-electron chi connectivity index (χ2n) is 14.1. The molecule has 0 amide bonds. The van der Waals surface area contributed by atoms with Crippen molar-refractivity contribution < 1.29 is 49.0 Å². The predicted octanol–water partition coefficient (Wildman–Crippen LogP) is 7.94. The average Bonchev–Trinajstić information content (AvgIpc) is 3.14. The monoisotopic (exact) mass is 739 g/mol. The first-order chi connectivity index (χ1) is 25.3. The number of carbonyl (C=O) groups is 2. The molecule has 2 unspecified atom stereocenters. The summed E-state index contributed by atoms with van der Waals surface area (Å²) in [4.78, 5) is 25.2. The molecule has 0 aromatic carbocycles. The Kier molecular flexibility index (Phi) is 30.9. The summed E-state index contributed by atoms with van der Waals surface area (Å²) >= 11 is 0. The molecule has 1 fully saturated rings. The fraction of sp³-hybridized carbons (Fsp3) is 0.810. The first-order valence-corrected chi connectivity index (χ1v) is 20.6. The third-order valence-corrected chi connectivity index (χ3v) is 9.28. The van der Waals surface area contributed by atoms with E-state index in [4.69, 9.17) is 18.9 Å². The van der Waals surface area contributed by atoms with Gasteiger partial charge in [0.1, 0.15) is 31.0 Å². The average molecular weight is 739 g/mol. The fourth-order valence-electron chi connectivity index (χ4n) is 5.97. The SMILES string of the molecule is CCCCCCCC/C=C/C/C=C/C/C=C/CCCC(=O)OC[C@@H](CO[C@H]1O[C@@H](CO)[C@@H](O)C(O)C1O)OC(=O)CCCCCCCCCCCC. The number of aliphatic hydroxyl groups is 4. The molecule has 6 atom stereocenters. The molecule has 0 saturated carbocycles. The van der Waals surface area contributed by atoms with Crippen LogP contribution < -0.4 is 0 Å². The summed E-state index contributed by atoms with van der Waals surface area (Å²) in [6.07, 6.45) is 28.8. The van der Waals surface area contributed by atoms with E-state index in [-0.39, 0.29) is 26.1 Å². The standard InChI is InChI=1S/C42H74O10/c1-3-5-7-9-11-13-15-16-17-18-19-20-21-23-24-26-28-30-37(44)49-33-35(34-50-42-41(48)40(47)39(46)36(32-43)52-42)51-38(45)31-29-27-25-22-14-12-10-8-6-4-2/h16-17,19-20,23-24,35-36,39-43,46-48H,3-15,18,21-22,25-34H2,1-2H3/b17-16+,20-19+,24-23+/t35-,36-,39+,40?,41?,42-/m0/s1. The van der Waals surface area contributed by atoms with Crippen LogP contribution in [0.3, 0.4) is 0 Å². The lowest BCUT2D eigenvalue weighted by Gasteiger charge is -2.39. The third kappa shape index (κ3) is 25.0. The van der Waals surface area contributed by atoms with E-state index in [1.807, 2.05) is 0 Å². The molecular weight excluding hydrogens is 664 g/mol. The van der Waals surface area contributed by atoms with Gasteiger partial charge in [0.25, 0.3) is 0 Å². The summed E-state index contributed by atoms with van der Waals surface area (Å²) in [7, 11) is 0. The lowest BCUT2D eigenvalue weighted by atomic mass is 9.99. The van der Waals surface area contributed by atoms with Crippen molar-refractivity contribution in [1.29, 1.82) is 0 Å². The van der Waals surface area contributed by atoms with Crippen molar-refractivity contribution in [2.75, 3.05) is 19.8 Å². The normalized spacial score (nSPS) is 21.4. The van der Waals surface area contributed by atoms with Gasteiger partial charge in [-0.05, 0) is 44.9 Å². The van der Waals surface area contributed by atoms with Crippen molar-refractivity contribution in [2.24, 2.45) is 0 Å². The topological polar surface area (TPSA) is 152 Å². The zero-order valence-electron chi connectivity index (χ0n) is 32.6. The molecule has 0 spiro atoms. The Hall–Kier alpha value is -2.08. The molecule has 0 radical (unpaired) electrons. The zero-order valence-corrected chi connectivity index (χ0v) is 32.6. The fourth-order valence-corrected chi connectivity index (χ4v) is 5.97. The summed E-state index contributed by atoms with van der Waals surface area (Å²) in [6.45, 7) is 3.33. The van der Waals surface area contributed by atoms with Crippen molar-refractivity contribution in [2.45, 2.75) is 198 Å². The first kappa shape index (κ1) is 47.9. The molecule has 4 N–H and O–H groups in total. The Morgan fingerprint density at radius 3 is 1.67 bits per heavy atom. The third-order valence-electron chi connectivity index (χ3n) is 9.28. The number of hydrogen-bond acceptors (Lipinski definition) is 10. The number of rotatable bonds is 33. The summed E-state index contributed by atoms with van der Waals surface area (Å²) < 4.78 is 22.0. The van der Waals surface area contributed by atoms with Gasteiger partial charge in [-0.15, -0.1) is 0 Å². The van der Waals surface area contributed by atoms with Crippen LogP contribution in [-0.4, -0.2) is 89.0 Å². The van der Waals surface area contributed by atoms with Crippen LogP contribution in [0.1, 0.15) is 162 Å². The molecule has 0 aromatic rings. The molecular formula is C42H74O10. The molecule has 0 aromatic heterocycles. The van der Waals surface area contributed by atoms with Crippen molar-refractivity contribution in [1.82, 2.24) is 0 Å². The summed E-state index contributed by atoms with van der Waals surface area (Å²) in [5.41, 5.74) is 0. The van der Waals surface area contributed by atoms with Gasteiger partial charge >= 0.3 is 11.9 Å². The van der Waals surface area contributed by atoms with Crippen LogP contribution >= 0.6 is 0 Å². The minimum Gasteiger partial charge on any atom is -0.462 e. The van der Waals surface area contributed by atoms with Gasteiger partial charge in [-0.25, -0.2) is 0 Å². The molecule has 1 saturated heterocycles. The van der Waals surface area contributed by atoms with Crippen LogP contribution in [0.5, 0.6) is 0 Å². The highest BCUT2D eigenvalue weighted by Crippen LogP contribution is 2.22. The van der Waals surface area contributed by atoms with E-state index >= 15 is 0 Å². The van der Waals surface area contributed by atoms with E-state index < -0.39 is 55.4 Å². The molecule has 0 bridgehead atoms. The van der Waals surface area contributed by atoms with E-state index in [2.05, 4.69) is 50.3 Å². The van der Waals surface area contributed by atoms with Gasteiger partial charge in [0, 0.05) is 12.8 Å². The van der Waals surface area contributed by atoms with Crippen molar-refractivity contribution in [3.8, 4) is 0 Å². The molecule has 52 heavy (non-hydrogen) atoms. The molecule has 0 aliphatic carbocycles. The van der Waals surface area contributed by atoms with Crippen LogP contribution in [0, 0.1) is 0 Å². The number of allylic oxidation sites excluding steroid dienone is 6. The minimum atomic E-state index is -1.60. The first-order valence-electron chi connectivity index (χ1n) is 20.6. The number of esters is 2. The number of carbonyl (C=O) groups excluding carboxylic acids is 2. The van der Waals surface area contributed by atoms with Gasteiger partial charge < -0.3 is 39.4 Å². The quantitative estimate of drug-likeness (QED) is 0.0297. The highest BCUT2D eigenvalue weighted by Gasteiger charge is 2.44. The van der Waals surface area contributed by atoms with Crippen LogP contribution in [0.15, 0.2) is 36.5 Å². The van der Waals surface area contributed by atoms with Crippen molar-refractivity contribution in [3.63, 3.8) is 0 Å². The van der Waals surface area contributed by atoms with E-state index in [1.165, 1.54) is 77.0 Å². The van der Waals surface area contributed by atoms with Crippen LogP contribution in [0.2, 0.25) is 0 Å². The maximum atomic E-state index is 12.7. The molecule has 1 heterocycles. The molecule has 10 heteroatoms. The van der Waals surface area contributed by atoms with Gasteiger partial charge in [0.05, 0.1) is 13.2 Å². The molecule has 1 aliphatic heterocycles. The molecule has 10 nitrogen and oxygen atoms in total. The lowest BCUT2D eigenvalue weighted by molar-refractivity contribution is -0.305. The zero-order chi connectivity index (χ0) is 38.1. The minimum absolute atomic E-state index is 0.205. The number of ether oxygens (including phenoxy) is 4. The maximum absolute atomic E-state index is 12.7. The smallest absolute Gasteiger partial charge is 0.306 e. The highest BCUT2D eigenvalue weighted by atomic mass is 16.7. The van der Waals surface area contributed by atoms with E-state index in [9.17, 15) is 30.0 Å². The van der Waals surface area contributed by atoms with Gasteiger partial charge in [-0.1, -0.05) is 140 Å². The number of hydrogen-bond donors (Lipinski definition) is 4. The second-order valence-corrected chi connectivity index (χ2v) is 14.1. The highest BCUT2D eigenvalue weighted by molar-refractivity contribution is 5.70. The number of aliphatic hydroxyl groups excluding tert-OH is 4. The molecule has 1 rings (SSSR count). The molecule has 1 aliphatic rings. The Morgan fingerprint density at radius 1 is 0.596 bits per heavy atom. The van der Waals surface area contributed by atoms with E-state index in [0.29, 0.717) is 12.8 Å². The largest absolute Gasteiger partial charge is 0.462 e. The number of unbranched alkanes of at least 4 members (excludes halogenated alkanes) is 16. The lowest BCUT2D eigenvalue weighted by Crippen LogP contribution is -2.59. The predicted molar refractivity (Wildman–Crippen MR) is 206 cm³/mol. The summed E-state index contributed by atoms with van der Waals surface area (Å²) in [5.74, 6) is -0.869. The Bertz CT molecular complexity index is 949. The van der Waals surface area contributed by atoms with Crippen molar-refractivity contribution in [3.05, 3.63) is 36.5 Å². The van der Waals surface area contributed by atoms with Crippen LogP contribution in [0.4, 0.5) is 0 Å².